The summed E-state index contributed by atoms with van der Waals surface area (Å²) in [4.78, 5) is 10.7. The Kier molecular flexibility index (Phi) is 2.83. The van der Waals surface area contributed by atoms with Crippen molar-refractivity contribution in [1.82, 2.24) is 10.2 Å². The molecular weight excluding hydrogens is 228 g/mol. The van der Waals surface area contributed by atoms with Gasteiger partial charge in [0.05, 0.1) is 11.7 Å². The van der Waals surface area contributed by atoms with E-state index in [1.807, 2.05) is 0 Å². The lowest BCUT2D eigenvalue weighted by molar-refractivity contribution is -0.255. The van der Waals surface area contributed by atoms with E-state index in [0.717, 1.165) is 0 Å². The van der Waals surface area contributed by atoms with E-state index < -0.39 is 5.97 Å². The summed E-state index contributed by atoms with van der Waals surface area (Å²) in [7, 11) is 0. The lowest BCUT2D eigenvalue weighted by atomic mass is 10.1. The fourth-order valence-corrected chi connectivity index (χ4v) is 1.38. The fourth-order valence-electron chi connectivity index (χ4n) is 1.28. The molecule has 0 N–H and O–H groups in total. The number of halogens is 1. The molecule has 0 spiro atoms. The van der Waals surface area contributed by atoms with Crippen molar-refractivity contribution in [2.75, 3.05) is 0 Å². The Balaban J connectivity index is 2.44. The third kappa shape index (κ3) is 2.17. The highest BCUT2D eigenvalue weighted by molar-refractivity contribution is 6.29. The van der Waals surface area contributed by atoms with E-state index in [4.69, 9.17) is 11.6 Å². The Labute approximate surface area is 96.5 Å². The largest absolute Gasteiger partial charge is 0.545 e. The van der Waals surface area contributed by atoms with Gasteiger partial charge in [0.15, 0.2) is 5.15 Å². The lowest BCUT2D eigenvalue weighted by Gasteiger charge is -2.04. The molecule has 1 aromatic carbocycles. The molecule has 1 aromatic heterocycles. The Bertz CT molecular complexity index is 526. The van der Waals surface area contributed by atoms with Crippen molar-refractivity contribution < 1.29 is 9.90 Å². The van der Waals surface area contributed by atoms with Crippen LogP contribution in [0.3, 0.4) is 0 Å². The maximum Gasteiger partial charge on any atom is 0.151 e. The molecule has 0 saturated heterocycles. The molecular formula is C11H6ClN2O2-. The van der Waals surface area contributed by atoms with Crippen LogP contribution in [-0.4, -0.2) is 16.2 Å². The van der Waals surface area contributed by atoms with Crippen LogP contribution in [0.25, 0.3) is 11.3 Å². The molecule has 0 bridgehead atoms. The molecule has 16 heavy (non-hydrogen) atoms. The van der Waals surface area contributed by atoms with Gasteiger partial charge in [0.2, 0.25) is 0 Å². The summed E-state index contributed by atoms with van der Waals surface area (Å²) in [5.41, 5.74) is 1.33. The molecule has 0 aliphatic carbocycles. The number of benzene rings is 1. The second kappa shape index (κ2) is 4.28. The summed E-state index contributed by atoms with van der Waals surface area (Å²) in [6.07, 6.45) is 0. The van der Waals surface area contributed by atoms with Crippen LogP contribution < -0.4 is 5.11 Å². The Hall–Kier alpha value is -1.94. The number of nitrogens with zero attached hydrogens (tertiary/aromatic N) is 2. The fraction of sp³-hybridized carbons (Fsp3) is 0. The Morgan fingerprint density at radius 2 is 2.00 bits per heavy atom. The van der Waals surface area contributed by atoms with Crippen LogP contribution in [0.1, 0.15) is 10.4 Å². The molecule has 0 radical (unpaired) electrons. The zero-order valence-electron chi connectivity index (χ0n) is 8.05. The normalized spacial score (nSPS) is 10.1. The number of carbonyl (C=O) groups excluding carboxylic acids is 1. The number of carboxylic acids is 1. The Morgan fingerprint density at radius 3 is 2.62 bits per heavy atom. The van der Waals surface area contributed by atoms with Crippen LogP contribution in [0, 0.1) is 0 Å². The van der Waals surface area contributed by atoms with Gasteiger partial charge in [-0.3, -0.25) is 0 Å². The number of hydrogen-bond acceptors (Lipinski definition) is 4. The molecule has 80 valence electrons. The summed E-state index contributed by atoms with van der Waals surface area (Å²) < 4.78 is 0. The highest BCUT2D eigenvalue weighted by Crippen LogP contribution is 2.18. The van der Waals surface area contributed by atoms with Crippen LogP contribution in [0.2, 0.25) is 5.15 Å². The lowest BCUT2D eigenvalue weighted by Crippen LogP contribution is -2.22. The SMILES string of the molecule is O=C([O-])c1cccc(-c2ccc(Cl)nn2)c1. The maximum absolute atomic E-state index is 10.7. The van der Waals surface area contributed by atoms with E-state index in [0.29, 0.717) is 16.4 Å². The van der Waals surface area contributed by atoms with Gasteiger partial charge in [-0.2, -0.15) is 0 Å². The van der Waals surface area contributed by atoms with E-state index in [1.54, 1.807) is 24.3 Å². The number of aromatic carboxylic acids is 1. The van der Waals surface area contributed by atoms with Crippen LogP contribution in [0.4, 0.5) is 0 Å². The average molecular weight is 234 g/mol. The van der Waals surface area contributed by atoms with Gasteiger partial charge in [-0.15, -0.1) is 10.2 Å². The minimum atomic E-state index is -1.22. The summed E-state index contributed by atoms with van der Waals surface area (Å²) in [5.74, 6) is -1.22. The van der Waals surface area contributed by atoms with Gasteiger partial charge in [-0.05, 0) is 23.8 Å². The van der Waals surface area contributed by atoms with Crippen LogP contribution in [0.5, 0.6) is 0 Å². The predicted octanol–water partition coefficient (Wildman–Crippen LogP) is 1.16. The first-order chi connectivity index (χ1) is 7.66. The molecule has 0 amide bonds. The maximum atomic E-state index is 10.7. The second-order valence-corrected chi connectivity index (χ2v) is 3.50. The van der Waals surface area contributed by atoms with E-state index >= 15 is 0 Å². The van der Waals surface area contributed by atoms with Crippen molar-refractivity contribution in [1.29, 1.82) is 0 Å². The van der Waals surface area contributed by atoms with Crippen LogP contribution >= 0.6 is 11.6 Å². The molecule has 5 heteroatoms. The summed E-state index contributed by atoms with van der Waals surface area (Å²) in [5, 5.41) is 18.5. The standard InChI is InChI=1S/C11H7ClN2O2/c12-10-5-4-9(13-14-10)7-2-1-3-8(6-7)11(15)16/h1-6H,(H,15,16)/p-1. The van der Waals surface area contributed by atoms with Crippen molar-refractivity contribution >= 4 is 17.6 Å². The first-order valence-corrected chi connectivity index (χ1v) is 4.85. The summed E-state index contributed by atoms with van der Waals surface area (Å²) in [6, 6.07) is 9.57. The van der Waals surface area contributed by atoms with E-state index in [2.05, 4.69) is 10.2 Å². The highest BCUT2D eigenvalue weighted by atomic mass is 35.5. The smallest absolute Gasteiger partial charge is 0.151 e. The molecule has 2 rings (SSSR count). The van der Waals surface area contributed by atoms with E-state index in [9.17, 15) is 9.90 Å². The molecule has 0 unspecified atom stereocenters. The number of carbonyl (C=O) groups is 1. The van der Waals surface area contributed by atoms with E-state index in [-0.39, 0.29) is 5.56 Å². The quantitative estimate of drug-likeness (QED) is 0.781. The molecule has 4 nitrogen and oxygen atoms in total. The van der Waals surface area contributed by atoms with E-state index in [1.165, 1.54) is 12.1 Å². The van der Waals surface area contributed by atoms with Gasteiger partial charge in [0.25, 0.3) is 0 Å². The first-order valence-electron chi connectivity index (χ1n) is 4.48. The topological polar surface area (TPSA) is 65.9 Å². The zero-order chi connectivity index (χ0) is 11.5. The third-order valence-electron chi connectivity index (χ3n) is 2.03. The van der Waals surface area contributed by atoms with Gasteiger partial charge < -0.3 is 9.90 Å². The summed E-state index contributed by atoms with van der Waals surface area (Å²) in [6.45, 7) is 0. The molecule has 1 heterocycles. The monoisotopic (exact) mass is 233 g/mol. The minimum Gasteiger partial charge on any atom is -0.545 e. The van der Waals surface area contributed by atoms with Gasteiger partial charge in [0.1, 0.15) is 0 Å². The number of hydrogen-bond donors (Lipinski definition) is 0. The van der Waals surface area contributed by atoms with Crippen molar-refractivity contribution in [2.45, 2.75) is 0 Å². The molecule has 2 aromatic rings. The summed E-state index contributed by atoms with van der Waals surface area (Å²) >= 11 is 5.60. The van der Waals surface area contributed by atoms with Gasteiger partial charge in [-0.25, -0.2) is 0 Å². The first kappa shape index (κ1) is 10.6. The molecule has 0 aliphatic rings. The van der Waals surface area contributed by atoms with Crippen molar-refractivity contribution in [3.63, 3.8) is 0 Å². The molecule has 0 fully saturated rings. The van der Waals surface area contributed by atoms with Gasteiger partial charge in [0, 0.05) is 5.56 Å². The van der Waals surface area contributed by atoms with Gasteiger partial charge in [-0.1, -0.05) is 29.8 Å². The minimum absolute atomic E-state index is 0.106. The third-order valence-corrected chi connectivity index (χ3v) is 2.23. The molecule has 0 atom stereocenters. The van der Waals surface area contributed by atoms with Crippen molar-refractivity contribution in [3.05, 3.63) is 47.1 Å². The highest BCUT2D eigenvalue weighted by Gasteiger charge is 2.01. The molecule has 0 aliphatic heterocycles. The number of aromatic nitrogens is 2. The second-order valence-electron chi connectivity index (χ2n) is 3.11. The predicted molar refractivity (Wildman–Crippen MR) is 56.8 cm³/mol. The zero-order valence-corrected chi connectivity index (χ0v) is 8.81. The Morgan fingerprint density at radius 1 is 1.19 bits per heavy atom. The van der Waals surface area contributed by atoms with Crippen molar-refractivity contribution in [2.24, 2.45) is 0 Å². The van der Waals surface area contributed by atoms with Gasteiger partial charge >= 0.3 is 0 Å². The van der Waals surface area contributed by atoms with Crippen molar-refractivity contribution in [3.8, 4) is 11.3 Å². The van der Waals surface area contributed by atoms with Crippen LogP contribution in [-0.2, 0) is 0 Å². The average Bonchev–Trinajstić information content (AvgIpc) is 2.30. The number of rotatable bonds is 2. The molecule has 0 saturated carbocycles. The number of carboxylic acid groups (broad SMARTS) is 1. The van der Waals surface area contributed by atoms with Crippen LogP contribution in [0.15, 0.2) is 36.4 Å².